The Hall–Kier alpha value is -2.79. The van der Waals surface area contributed by atoms with Crippen LogP contribution in [0.25, 0.3) is 0 Å². The number of hydrogen-bond acceptors (Lipinski definition) is 6. The Morgan fingerprint density at radius 1 is 0.905 bits per heavy atom. The average molecular weight is 679 g/mol. The van der Waals surface area contributed by atoms with Gasteiger partial charge in [-0.1, -0.05) is 99.3 Å². The Morgan fingerprint density at radius 3 is 2.36 bits per heavy atom. The number of carbonyl (C=O) groups excluding carboxylic acids is 3. The Balaban J connectivity index is 1.43. The molecule has 0 spiro atoms. The van der Waals surface area contributed by atoms with Crippen LogP contribution in [0.5, 0.6) is 0 Å². The predicted molar refractivity (Wildman–Crippen MR) is 169 cm³/mol. The number of halogens is 4. The molecule has 2 aliphatic rings. The van der Waals surface area contributed by atoms with Crippen LogP contribution in [0.15, 0.2) is 70.5 Å². The second-order valence-electron chi connectivity index (χ2n) is 9.83. The summed E-state index contributed by atoms with van der Waals surface area (Å²) in [6.45, 7) is 1.59. The molecule has 3 heterocycles. The highest BCUT2D eigenvalue weighted by atomic mass is 35.5. The van der Waals surface area contributed by atoms with E-state index in [9.17, 15) is 19.2 Å². The van der Waals surface area contributed by atoms with E-state index >= 15 is 0 Å². The summed E-state index contributed by atoms with van der Waals surface area (Å²) in [6, 6.07) is 16.9. The zero-order valence-electron chi connectivity index (χ0n) is 21.6. The second kappa shape index (κ2) is 11.4. The third-order valence-electron chi connectivity index (χ3n) is 7.16. The number of imide groups is 1. The fraction of sp³-hybridized carbons (Fsp3) is 0.172. The van der Waals surface area contributed by atoms with E-state index in [0.717, 1.165) is 28.7 Å². The zero-order valence-corrected chi connectivity index (χ0v) is 26.2. The number of thioether (sulfide) groups is 1. The van der Waals surface area contributed by atoms with Gasteiger partial charge in [-0.3, -0.25) is 23.7 Å². The molecule has 1 saturated heterocycles. The van der Waals surface area contributed by atoms with Crippen LogP contribution in [0.3, 0.4) is 0 Å². The molecule has 3 amide bonds. The van der Waals surface area contributed by atoms with Crippen molar-refractivity contribution in [3.63, 3.8) is 0 Å². The number of nitrogens with one attached hydrogen (secondary N) is 1. The van der Waals surface area contributed by atoms with Gasteiger partial charge in [0.15, 0.2) is 0 Å². The van der Waals surface area contributed by atoms with Gasteiger partial charge in [-0.2, -0.15) is 0 Å². The molecule has 0 radical (unpaired) electrons. The van der Waals surface area contributed by atoms with Crippen LogP contribution >= 0.6 is 69.5 Å². The molecule has 7 nitrogen and oxygen atoms in total. The van der Waals surface area contributed by atoms with Gasteiger partial charge in [-0.15, -0.1) is 0 Å². The number of nitrogens with zero attached hydrogens (tertiary/aromatic N) is 2. The van der Waals surface area contributed by atoms with Crippen LogP contribution in [0, 0.1) is 12.8 Å². The summed E-state index contributed by atoms with van der Waals surface area (Å²) in [6.07, 6.45) is 0. The van der Waals surface area contributed by atoms with E-state index in [2.05, 4.69) is 5.32 Å². The molecule has 13 heteroatoms. The lowest BCUT2D eigenvalue weighted by Crippen LogP contribution is -2.33. The van der Waals surface area contributed by atoms with E-state index < -0.39 is 39.7 Å². The molecule has 1 aromatic heterocycles. The molecule has 1 fully saturated rings. The standard InChI is InChI=1S/C29H19Cl4N3O4S2/c1-13-5-8-15(9-6-13)36-26(38)22-21(16-3-2-4-18(31)23(16)33)25-28(41-24(22)27(36)39)35(29(40)42-25)12-20(37)34-14-7-10-17(30)19(32)11-14/h2-11,21-22,24H,12H2,1H3,(H,34,37). The van der Waals surface area contributed by atoms with Gasteiger partial charge >= 0.3 is 4.87 Å². The fourth-order valence-electron chi connectivity index (χ4n) is 5.22. The van der Waals surface area contributed by atoms with Crippen molar-refractivity contribution in [2.75, 3.05) is 10.2 Å². The highest BCUT2D eigenvalue weighted by Crippen LogP contribution is 2.55. The van der Waals surface area contributed by atoms with Gasteiger partial charge in [0, 0.05) is 16.5 Å². The Kier molecular flexibility index (Phi) is 7.93. The summed E-state index contributed by atoms with van der Waals surface area (Å²) in [4.78, 5) is 55.6. The first-order valence-corrected chi connectivity index (χ1v) is 15.8. The monoisotopic (exact) mass is 677 g/mol. The number of aromatic nitrogens is 1. The molecule has 0 saturated carbocycles. The van der Waals surface area contributed by atoms with Crippen molar-refractivity contribution < 1.29 is 14.4 Å². The van der Waals surface area contributed by atoms with Crippen molar-refractivity contribution in [2.45, 2.75) is 29.7 Å². The minimum Gasteiger partial charge on any atom is -0.324 e. The summed E-state index contributed by atoms with van der Waals surface area (Å²) >= 11 is 27.1. The summed E-state index contributed by atoms with van der Waals surface area (Å²) < 4.78 is 1.32. The molecule has 0 bridgehead atoms. The molecule has 4 aromatic rings. The molecule has 42 heavy (non-hydrogen) atoms. The third-order valence-corrected chi connectivity index (χ3v) is 11.3. The fourth-order valence-corrected chi connectivity index (χ4v) is 8.70. The molecule has 2 aliphatic heterocycles. The van der Waals surface area contributed by atoms with Gasteiger partial charge in [0.05, 0.1) is 36.7 Å². The molecule has 6 rings (SSSR count). The van der Waals surface area contributed by atoms with E-state index in [1.54, 1.807) is 42.5 Å². The van der Waals surface area contributed by atoms with E-state index in [1.807, 2.05) is 19.1 Å². The summed E-state index contributed by atoms with van der Waals surface area (Å²) in [5.74, 6) is -2.85. The average Bonchev–Trinajstić information content (AvgIpc) is 3.39. The molecular weight excluding hydrogens is 660 g/mol. The van der Waals surface area contributed by atoms with E-state index in [4.69, 9.17) is 46.4 Å². The first-order chi connectivity index (χ1) is 20.0. The zero-order chi connectivity index (χ0) is 29.9. The van der Waals surface area contributed by atoms with Crippen LogP contribution in [0.1, 0.15) is 21.9 Å². The van der Waals surface area contributed by atoms with Crippen LogP contribution in [0.2, 0.25) is 20.1 Å². The summed E-state index contributed by atoms with van der Waals surface area (Å²) in [5.41, 5.74) is 2.39. The van der Waals surface area contributed by atoms with Gasteiger partial charge in [0.1, 0.15) is 11.8 Å². The normalized spacial score (nSPS) is 19.5. The lowest BCUT2D eigenvalue weighted by atomic mass is 9.83. The lowest BCUT2D eigenvalue weighted by Gasteiger charge is -2.31. The van der Waals surface area contributed by atoms with Gasteiger partial charge in [-0.05, 0) is 48.9 Å². The number of thiazole rings is 1. The van der Waals surface area contributed by atoms with Crippen molar-refractivity contribution in [2.24, 2.45) is 5.92 Å². The number of anilines is 2. The molecule has 3 atom stereocenters. The maximum Gasteiger partial charge on any atom is 0.308 e. The highest BCUT2D eigenvalue weighted by Gasteiger charge is 2.57. The van der Waals surface area contributed by atoms with E-state index in [-0.39, 0.29) is 21.6 Å². The van der Waals surface area contributed by atoms with E-state index in [0.29, 0.717) is 31.9 Å². The molecule has 3 unspecified atom stereocenters. The second-order valence-corrected chi connectivity index (χ2v) is 13.6. The number of carbonyl (C=O) groups is 3. The van der Waals surface area contributed by atoms with Crippen LogP contribution in [-0.4, -0.2) is 27.5 Å². The number of amides is 3. The Morgan fingerprint density at radius 2 is 1.64 bits per heavy atom. The first-order valence-electron chi connectivity index (χ1n) is 12.6. The Bertz CT molecular complexity index is 1840. The Labute approximate surface area is 268 Å². The predicted octanol–water partition coefficient (Wildman–Crippen LogP) is 7.27. The SMILES string of the molecule is Cc1ccc(N2C(=O)C3Sc4c(sc(=O)n4CC(=O)Nc4ccc(Cl)c(Cl)c4)C(c4cccc(Cl)c4Cl)C3C2=O)cc1. The largest absolute Gasteiger partial charge is 0.324 e. The van der Waals surface area contributed by atoms with Crippen molar-refractivity contribution in [1.29, 1.82) is 0 Å². The van der Waals surface area contributed by atoms with E-state index in [1.165, 1.54) is 15.5 Å². The summed E-state index contributed by atoms with van der Waals surface area (Å²) in [5, 5.41) is 3.42. The third kappa shape index (κ3) is 5.06. The number of fused-ring (bicyclic) bond motifs is 2. The minimum absolute atomic E-state index is 0.236. The number of rotatable bonds is 5. The first kappa shape index (κ1) is 29.3. The molecule has 214 valence electrons. The molecular formula is C29H19Cl4N3O4S2. The summed E-state index contributed by atoms with van der Waals surface area (Å²) in [7, 11) is 0. The van der Waals surface area contributed by atoms with Crippen molar-refractivity contribution in [1.82, 2.24) is 4.57 Å². The lowest BCUT2D eigenvalue weighted by molar-refractivity contribution is -0.122. The number of aryl methyl sites for hydroxylation is 1. The van der Waals surface area contributed by atoms with Crippen LogP contribution in [-0.2, 0) is 20.9 Å². The van der Waals surface area contributed by atoms with Crippen LogP contribution in [0.4, 0.5) is 11.4 Å². The van der Waals surface area contributed by atoms with Crippen molar-refractivity contribution >= 4 is 98.6 Å². The minimum atomic E-state index is -0.857. The van der Waals surface area contributed by atoms with Gasteiger partial charge in [-0.25, -0.2) is 4.90 Å². The molecule has 1 N–H and O–H groups in total. The van der Waals surface area contributed by atoms with Crippen molar-refractivity contribution in [3.05, 3.63) is 106 Å². The maximum atomic E-state index is 14.0. The molecule has 0 aliphatic carbocycles. The maximum absolute atomic E-state index is 14.0. The van der Waals surface area contributed by atoms with Crippen molar-refractivity contribution in [3.8, 4) is 0 Å². The topological polar surface area (TPSA) is 88.5 Å². The van der Waals surface area contributed by atoms with Gasteiger partial charge in [0.25, 0.3) is 0 Å². The molecule has 3 aromatic carbocycles. The van der Waals surface area contributed by atoms with Crippen LogP contribution < -0.4 is 15.1 Å². The van der Waals surface area contributed by atoms with Gasteiger partial charge in [0.2, 0.25) is 17.7 Å². The smallest absolute Gasteiger partial charge is 0.308 e. The highest BCUT2D eigenvalue weighted by molar-refractivity contribution is 8.00. The quantitative estimate of drug-likeness (QED) is 0.225. The number of hydrogen-bond donors (Lipinski definition) is 1. The van der Waals surface area contributed by atoms with Gasteiger partial charge < -0.3 is 5.32 Å². The number of benzene rings is 3.